The maximum atomic E-state index is 11.7. The van der Waals surface area contributed by atoms with Crippen LogP contribution >= 0.6 is 0 Å². The number of sulfonamides is 2. The number of nitrogens with one attached hydrogen (secondary N) is 2. The molecule has 0 spiro atoms. The Balaban J connectivity index is 2.39. The van der Waals surface area contributed by atoms with Crippen molar-refractivity contribution in [1.29, 1.82) is 0 Å². The summed E-state index contributed by atoms with van der Waals surface area (Å²) in [5, 5.41) is 0. The van der Waals surface area contributed by atoms with Gasteiger partial charge in [-0.15, -0.1) is 0 Å². The van der Waals surface area contributed by atoms with Gasteiger partial charge in [-0.25, -0.2) is 26.3 Å². The third-order valence-electron chi connectivity index (χ3n) is 2.88. The summed E-state index contributed by atoms with van der Waals surface area (Å²) in [4.78, 5) is 0. The van der Waals surface area contributed by atoms with Crippen molar-refractivity contribution >= 4 is 20.0 Å². The third-order valence-corrected chi connectivity index (χ3v) is 5.57. The fourth-order valence-corrected chi connectivity index (χ4v) is 3.45. The van der Waals surface area contributed by atoms with Gasteiger partial charge in [-0.1, -0.05) is 0 Å². The molecule has 144 valence electrons. The number of hydrogen-bond acceptors (Lipinski definition) is 8. The van der Waals surface area contributed by atoms with Gasteiger partial charge < -0.3 is 18.9 Å². The predicted molar refractivity (Wildman–Crippen MR) is 86.9 cm³/mol. The predicted octanol–water partition coefficient (Wildman–Crippen LogP) is -2.09. The lowest BCUT2D eigenvalue weighted by atomic mass is 10.7. The normalized spacial score (nSPS) is 26.3. The van der Waals surface area contributed by atoms with E-state index < -0.39 is 20.0 Å². The SMILES string of the molecule is O=S1(=O)CCOCCOCCOCCOCCS(=O)(=O)NCCN1. The van der Waals surface area contributed by atoms with Crippen LogP contribution < -0.4 is 9.44 Å². The number of ether oxygens (including phenoxy) is 4. The summed E-state index contributed by atoms with van der Waals surface area (Å²) in [5.41, 5.74) is 0. The molecule has 1 aliphatic rings. The Hall–Kier alpha value is -0.340. The third kappa shape index (κ3) is 12.1. The van der Waals surface area contributed by atoms with Crippen LogP contribution in [0.4, 0.5) is 0 Å². The second-order valence-corrected chi connectivity index (χ2v) is 8.73. The summed E-state index contributed by atoms with van der Waals surface area (Å²) in [6.45, 7) is 2.10. The average molecular weight is 390 g/mol. The molecule has 0 radical (unpaired) electrons. The van der Waals surface area contributed by atoms with Gasteiger partial charge in [-0.05, 0) is 0 Å². The van der Waals surface area contributed by atoms with Crippen LogP contribution in [0.5, 0.6) is 0 Å². The number of rotatable bonds is 0. The second-order valence-electron chi connectivity index (χ2n) is 4.88. The average Bonchev–Trinajstić information content (AvgIpc) is 2.51. The second kappa shape index (κ2) is 12.1. The first kappa shape index (κ1) is 21.7. The molecule has 0 amide bonds. The molecular formula is C12H26N2O8S2. The van der Waals surface area contributed by atoms with Crippen LogP contribution in [0, 0.1) is 0 Å². The molecule has 1 rings (SSSR count). The van der Waals surface area contributed by atoms with Crippen LogP contribution in [0.3, 0.4) is 0 Å². The standard InChI is InChI=1S/C12H26N2O8S2/c15-23(16)11-9-21-7-5-19-3-4-20-6-8-22-10-12-24(17,18)14-2-1-13-23/h13-14H,1-12H2. The van der Waals surface area contributed by atoms with Crippen molar-refractivity contribution in [1.82, 2.24) is 9.44 Å². The zero-order valence-electron chi connectivity index (χ0n) is 13.6. The maximum absolute atomic E-state index is 11.7. The topological polar surface area (TPSA) is 129 Å². The molecule has 0 aromatic rings. The molecule has 0 aromatic carbocycles. The summed E-state index contributed by atoms with van der Waals surface area (Å²) >= 11 is 0. The Bertz CT molecular complexity index is 475. The van der Waals surface area contributed by atoms with Crippen LogP contribution in [0.2, 0.25) is 0 Å². The molecular weight excluding hydrogens is 364 g/mol. The minimum atomic E-state index is -3.50. The van der Waals surface area contributed by atoms with Gasteiger partial charge in [0.05, 0.1) is 64.4 Å². The van der Waals surface area contributed by atoms with Crippen LogP contribution in [0.1, 0.15) is 0 Å². The summed E-state index contributed by atoms with van der Waals surface area (Å²) < 4.78 is 72.1. The van der Waals surface area contributed by atoms with Gasteiger partial charge in [-0.3, -0.25) is 0 Å². The molecule has 0 saturated carbocycles. The van der Waals surface area contributed by atoms with Gasteiger partial charge in [-0.2, -0.15) is 0 Å². The Morgan fingerprint density at radius 2 is 0.792 bits per heavy atom. The molecule has 1 fully saturated rings. The van der Waals surface area contributed by atoms with Crippen molar-refractivity contribution < 1.29 is 35.8 Å². The highest BCUT2D eigenvalue weighted by atomic mass is 32.2. The first-order valence-corrected chi connectivity index (χ1v) is 11.0. The molecule has 0 bridgehead atoms. The van der Waals surface area contributed by atoms with Gasteiger partial charge in [0.2, 0.25) is 20.0 Å². The molecule has 1 heterocycles. The molecule has 12 heteroatoms. The highest BCUT2D eigenvalue weighted by molar-refractivity contribution is 7.89. The Morgan fingerprint density at radius 1 is 0.500 bits per heavy atom. The quantitative estimate of drug-likeness (QED) is 0.481. The smallest absolute Gasteiger partial charge is 0.213 e. The Kier molecular flexibility index (Phi) is 10.9. The Morgan fingerprint density at radius 3 is 1.12 bits per heavy atom. The van der Waals surface area contributed by atoms with Gasteiger partial charge in [0.1, 0.15) is 0 Å². The fourth-order valence-electron chi connectivity index (χ4n) is 1.66. The molecule has 0 aliphatic carbocycles. The maximum Gasteiger partial charge on any atom is 0.213 e. The van der Waals surface area contributed by atoms with Crippen LogP contribution in [0.15, 0.2) is 0 Å². The summed E-state index contributed by atoms with van der Waals surface area (Å²) in [7, 11) is -7.01. The van der Waals surface area contributed by atoms with Crippen molar-refractivity contribution in [2.45, 2.75) is 0 Å². The fraction of sp³-hybridized carbons (Fsp3) is 1.00. The molecule has 10 nitrogen and oxygen atoms in total. The highest BCUT2D eigenvalue weighted by Crippen LogP contribution is 1.89. The molecule has 0 atom stereocenters. The van der Waals surface area contributed by atoms with E-state index in [1.807, 2.05) is 0 Å². The Labute approximate surface area is 143 Å². The molecule has 24 heavy (non-hydrogen) atoms. The van der Waals surface area contributed by atoms with Crippen molar-refractivity contribution in [3.05, 3.63) is 0 Å². The molecule has 2 N–H and O–H groups in total. The van der Waals surface area contributed by atoms with Gasteiger partial charge in [0.25, 0.3) is 0 Å². The summed E-state index contributed by atoms with van der Waals surface area (Å²) in [5.74, 6) is -0.395. The molecule has 1 aliphatic heterocycles. The van der Waals surface area contributed by atoms with Crippen LogP contribution in [-0.4, -0.2) is 94.3 Å². The first-order chi connectivity index (χ1) is 11.4. The van der Waals surface area contributed by atoms with E-state index in [-0.39, 0.29) is 37.8 Å². The van der Waals surface area contributed by atoms with Crippen molar-refractivity contribution in [2.75, 3.05) is 77.5 Å². The lowest BCUT2D eigenvalue weighted by Crippen LogP contribution is -2.37. The van der Waals surface area contributed by atoms with E-state index in [4.69, 9.17) is 18.9 Å². The lowest BCUT2D eigenvalue weighted by Gasteiger charge is -2.10. The number of hydrogen-bond donors (Lipinski definition) is 2. The minimum absolute atomic E-state index is 0.0284. The van der Waals surface area contributed by atoms with E-state index in [1.54, 1.807) is 0 Å². The van der Waals surface area contributed by atoms with Crippen molar-refractivity contribution in [3.8, 4) is 0 Å². The monoisotopic (exact) mass is 390 g/mol. The summed E-state index contributed by atoms with van der Waals surface area (Å²) in [6.07, 6.45) is 0. The lowest BCUT2D eigenvalue weighted by molar-refractivity contribution is 0.00126. The van der Waals surface area contributed by atoms with E-state index in [9.17, 15) is 16.8 Å². The molecule has 0 unspecified atom stereocenters. The van der Waals surface area contributed by atoms with Crippen molar-refractivity contribution in [3.63, 3.8) is 0 Å². The van der Waals surface area contributed by atoms with E-state index in [1.165, 1.54) is 0 Å². The van der Waals surface area contributed by atoms with Gasteiger partial charge in [0.15, 0.2) is 0 Å². The highest BCUT2D eigenvalue weighted by Gasteiger charge is 2.12. The molecule has 0 aromatic heterocycles. The largest absolute Gasteiger partial charge is 0.378 e. The van der Waals surface area contributed by atoms with E-state index >= 15 is 0 Å². The van der Waals surface area contributed by atoms with Crippen LogP contribution in [0.25, 0.3) is 0 Å². The first-order valence-electron chi connectivity index (χ1n) is 7.67. The van der Waals surface area contributed by atoms with Crippen LogP contribution in [-0.2, 0) is 39.0 Å². The van der Waals surface area contributed by atoms with Gasteiger partial charge >= 0.3 is 0 Å². The summed E-state index contributed by atoms with van der Waals surface area (Å²) in [6, 6.07) is 0. The molecule has 1 saturated heterocycles. The van der Waals surface area contributed by atoms with Gasteiger partial charge in [0, 0.05) is 13.1 Å². The van der Waals surface area contributed by atoms with E-state index in [0.29, 0.717) is 39.6 Å². The zero-order valence-corrected chi connectivity index (χ0v) is 15.2. The zero-order chi connectivity index (χ0) is 17.7. The minimum Gasteiger partial charge on any atom is -0.378 e. The van der Waals surface area contributed by atoms with Crippen molar-refractivity contribution in [2.24, 2.45) is 0 Å². The van der Waals surface area contributed by atoms with E-state index in [0.717, 1.165) is 0 Å². The van der Waals surface area contributed by atoms with E-state index in [2.05, 4.69) is 9.44 Å².